The van der Waals surface area contributed by atoms with Gasteiger partial charge in [-0.3, -0.25) is 9.97 Å². The van der Waals surface area contributed by atoms with Gasteiger partial charge in [-0.1, -0.05) is 23.2 Å². The Kier molecular flexibility index (Phi) is 5.30. The van der Waals surface area contributed by atoms with Crippen LogP contribution in [0, 0.1) is 0 Å². The average Bonchev–Trinajstić information content (AvgIpc) is 3.11. The number of rotatable bonds is 4. The molecule has 0 aliphatic carbocycles. The molecule has 0 aliphatic heterocycles. The topological polar surface area (TPSA) is 66.9 Å². The molecule has 0 bridgehead atoms. The molecule has 0 radical (unpaired) electrons. The van der Waals surface area contributed by atoms with Crippen LogP contribution >= 0.6 is 34.5 Å². The summed E-state index contributed by atoms with van der Waals surface area (Å²) < 4.78 is 0. The minimum Gasteiger partial charge on any atom is -0.332 e. The second-order valence-corrected chi connectivity index (χ2v) is 6.39. The smallest absolute Gasteiger partial charge is 0.319 e. The standard InChI is InChI=1S/C16H12Cl2N4OS/c17-12-2-1-11(7-13(12)18)22-16(23)21-8-14-15(20-5-4-19-14)10-3-6-24-9-10/h1-7,9H,8H2,(H2,21,22,23). The summed E-state index contributed by atoms with van der Waals surface area (Å²) in [6, 6.07) is 6.48. The van der Waals surface area contributed by atoms with Crippen LogP contribution in [-0.4, -0.2) is 16.0 Å². The molecule has 0 aliphatic rings. The van der Waals surface area contributed by atoms with Crippen molar-refractivity contribution >= 4 is 46.3 Å². The lowest BCUT2D eigenvalue weighted by molar-refractivity contribution is 0.251. The van der Waals surface area contributed by atoms with Crippen LogP contribution in [0.15, 0.2) is 47.4 Å². The molecule has 0 saturated carbocycles. The predicted molar refractivity (Wildman–Crippen MR) is 97.7 cm³/mol. The molecule has 8 heteroatoms. The van der Waals surface area contributed by atoms with Crippen molar-refractivity contribution in [2.45, 2.75) is 6.54 Å². The van der Waals surface area contributed by atoms with Gasteiger partial charge in [-0.05, 0) is 29.6 Å². The molecule has 0 unspecified atom stereocenters. The number of hydrogen-bond donors (Lipinski definition) is 2. The van der Waals surface area contributed by atoms with E-state index in [-0.39, 0.29) is 12.6 Å². The second kappa shape index (κ2) is 7.61. The van der Waals surface area contributed by atoms with Crippen molar-refractivity contribution in [3.8, 4) is 11.3 Å². The highest BCUT2D eigenvalue weighted by Crippen LogP contribution is 2.25. The van der Waals surface area contributed by atoms with E-state index in [4.69, 9.17) is 23.2 Å². The summed E-state index contributed by atoms with van der Waals surface area (Å²) >= 11 is 13.4. The first-order chi connectivity index (χ1) is 11.6. The number of carbonyl (C=O) groups is 1. The fraction of sp³-hybridized carbons (Fsp3) is 0.0625. The Morgan fingerprint density at radius 2 is 1.96 bits per heavy atom. The summed E-state index contributed by atoms with van der Waals surface area (Å²) in [5, 5.41) is 10.2. The van der Waals surface area contributed by atoms with Crippen LogP contribution in [0.1, 0.15) is 5.69 Å². The van der Waals surface area contributed by atoms with E-state index in [1.165, 1.54) is 0 Å². The number of hydrogen-bond acceptors (Lipinski definition) is 4. The quantitative estimate of drug-likeness (QED) is 0.682. The minimum atomic E-state index is -0.365. The molecule has 2 heterocycles. The van der Waals surface area contributed by atoms with Gasteiger partial charge >= 0.3 is 6.03 Å². The second-order valence-electron chi connectivity index (χ2n) is 4.80. The van der Waals surface area contributed by atoms with Crippen LogP contribution in [-0.2, 0) is 6.54 Å². The maximum Gasteiger partial charge on any atom is 0.319 e. The van der Waals surface area contributed by atoms with Gasteiger partial charge < -0.3 is 10.6 Å². The number of carbonyl (C=O) groups excluding carboxylic acids is 1. The minimum absolute atomic E-state index is 0.256. The molecule has 3 rings (SSSR count). The van der Waals surface area contributed by atoms with Gasteiger partial charge in [0.1, 0.15) is 0 Å². The van der Waals surface area contributed by atoms with E-state index in [9.17, 15) is 4.79 Å². The van der Waals surface area contributed by atoms with Gasteiger partial charge in [0.2, 0.25) is 0 Å². The van der Waals surface area contributed by atoms with E-state index in [1.54, 1.807) is 41.9 Å². The van der Waals surface area contributed by atoms with Gasteiger partial charge in [0.25, 0.3) is 0 Å². The molecule has 2 amide bonds. The maximum atomic E-state index is 12.0. The summed E-state index contributed by atoms with van der Waals surface area (Å²) in [4.78, 5) is 20.7. The third-order valence-corrected chi connectivity index (χ3v) is 4.58. The van der Waals surface area contributed by atoms with E-state index in [0.29, 0.717) is 21.4 Å². The summed E-state index contributed by atoms with van der Waals surface area (Å²) in [5.41, 5.74) is 2.99. The van der Waals surface area contributed by atoms with Gasteiger partial charge in [0.15, 0.2) is 0 Å². The zero-order valence-electron chi connectivity index (χ0n) is 12.3. The van der Waals surface area contributed by atoms with Gasteiger partial charge in [0, 0.05) is 29.0 Å². The molecule has 2 aromatic heterocycles. The molecule has 3 aromatic rings. The molecule has 122 valence electrons. The highest BCUT2D eigenvalue weighted by molar-refractivity contribution is 7.08. The Hall–Kier alpha value is -2.15. The van der Waals surface area contributed by atoms with Crippen LogP contribution in [0.25, 0.3) is 11.3 Å². The van der Waals surface area contributed by atoms with Gasteiger partial charge in [-0.15, -0.1) is 0 Å². The number of amides is 2. The number of anilines is 1. The highest BCUT2D eigenvalue weighted by Gasteiger charge is 2.10. The Labute approximate surface area is 152 Å². The Morgan fingerprint density at radius 3 is 2.71 bits per heavy atom. The number of nitrogens with one attached hydrogen (secondary N) is 2. The number of thiophene rings is 1. The van der Waals surface area contributed by atoms with Crippen LogP contribution in [0.5, 0.6) is 0 Å². The molecule has 1 aromatic carbocycles. The van der Waals surface area contributed by atoms with Crippen molar-refractivity contribution < 1.29 is 4.79 Å². The summed E-state index contributed by atoms with van der Waals surface area (Å²) in [5.74, 6) is 0. The molecule has 0 fully saturated rings. The molecule has 0 saturated heterocycles. The molecule has 2 N–H and O–H groups in total. The third-order valence-electron chi connectivity index (χ3n) is 3.16. The lowest BCUT2D eigenvalue weighted by atomic mass is 10.2. The largest absolute Gasteiger partial charge is 0.332 e. The maximum absolute atomic E-state index is 12.0. The lowest BCUT2D eigenvalue weighted by Crippen LogP contribution is -2.28. The highest BCUT2D eigenvalue weighted by atomic mass is 35.5. The normalized spacial score (nSPS) is 10.4. The fourth-order valence-electron chi connectivity index (χ4n) is 2.05. The molecular weight excluding hydrogens is 367 g/mol. The van der Waals surface area contributed by atoms with Crippen molar-refractivity contribution in [3.63, 3.8) is 0 Å². The zero-order chi connectivity index (χ0) is 16.9. The van der Waals surface area contributed by atoms with Crippen molar-refractivity contribution in [2.24, 2.45) is 0 Å². The van der Waals surface area contributed by atoms with Gasteiger partial charge in [0.05, 0.1) is 28.0 Å². The van der Waals surface area contributed by atoms with Crippen molar-refractivity contribution in [2.75, 3.05) is 5.32 Å². The van der Waals surface area contributed by atoms with E-state index < -0.39 is 0 Å². The number of benzene rings is 1. The monoisotopic (exact) mass is 378 g/mol. The number of halogens is 2. The first kappa shape index (κ1) is 16.7. The number of aromatic nitrogens is 2. The average molecular weight is 379 g/mol. The lowest BCUT2D eigenvalue weighted by Gasteiger charge is -2.10. The Balaban J connectivity index is 1.66. The molecule has 24 heavy (non-hydrogen) atoms. The Bertz CT molecular complexity index is 855. The zero-order valence-corrected chi connectivity index (χ0v) is 14.6. The van der Waals surface area contributed by atoms with Crippen molar-refractivity contribution in [3.05, 3.63) is 63.2 Å². The van der Waals surface area contributed by atoms with Crippen LogP contribution in [0.4, 0.5) is 10.5 Å². The molecule has 0 spiro atoms. The number of nitrogens with zero attached hydrogens (tertiary/aromatic N) is 2. The summed E-state index contributed by atoms with van der Waals surface area (Å²) in [6.07, 6.45) is 3.23. The van der Waals surface area contributed by atoms with Gasteiger partial charge in [-0.2, -0.15) is 11.3 Å². The number of urea groups is 1. The summed E-state index contributed by atoms with van der Waals surface area (Å²) in [6.45, 7) is 0.256. The third kappa shape index (κ3) is 4.03. The van der Waals surface area contributed by atoms with Crippen LogP contribution < -0.4 is 10.6 Å². The SMILES string of the molecule is O=C(NCc1nccnc1-c1ccsc1)Nc1ccc(Cl)c(Cl)c1. The fourth-order valence-corrected chi connectivity index (χ4v) is 2.99. The summed E-state index contributed by atoms with van der Waals surface area (Å²) in [7, 11) is 0. The van der Waals surface area contributed by atoms with E-state index >= 15 is 0 Å². The van der Waals surface area contributed by atoms with Crippen molar-refractivity contribution in [1.29, 1.82) is 0 Å². The first-order valence-electron chi connectivity index (χ1n) is 6.96. The molecule has 0 atom stereocenters. The van der Waals surface area contributed by atoms with Crippen molar-refractivity contribution in [1.82, 2.24) is 15.3 Å². The predicted octanol–water partition coefficient (Wildman–Crippen LogP) is 4.83. The van der Waals surface area contributed by atoms with E-state index in [0.717, 1.165) is 11.3 Å². The van der Waals surface area contributed by atoms with E-state index in [2.05, 4.69) is 20.6 Å². The molecular formula is C16H12Cl2N4OS. The van der Waals surface area contributed by atoms with Crippen LogP contribution in [0.2, 0.25) is 10.0 Å². The van der Waals surface area contributed by atoms with E-state index in [1.807, 2.05) is 16.8 Å². The van der Waals surface area contributed by atoms with Crippen LogP contribution in [0.3, 0.4) is 0 Å². The Morgan fingerprint density at radius 1 is 1.12 bits per heavy atom. The molecule has 5 nitrogen and oxygen atoms in total. The van der Waals surface area contributed by atoms with Gasteiger partial charge in [-0.25, -0.2) is 4.79 Å². The first-order valence-corrected chi connectivity index (χ1v) is 8.66.